The van der Waals surface area contributed by atoms with Crippen molar-refractivity contribution in [1.29, 1.82) is 0 Å². The Morgan fingerprint density at radius 1 is 0.750 bits per heavy atom. The number of benzene rings is 2. The molecule has 0 bridgehead atoms. The zero-order chi connectivity index (χ0) is 17.4. The van der Waals surface area contributed by atoms with Gasteiger partial charge < -0.3 is 4.74 Å². The maximum atomic E-state index is 11.6. The maximum Gasteiger partial charge on any atom is 0.337 e. The van der Waals surface area contributed by atoms with Gasteiger partial charge in [0.15, 0.2) is 0 Å². The standard InChI is InChI=1S/C22H26O2/c1-4-9-20(17-11-7-6-8-12-17)21(10-5-2)18-13-15-19(16-14-18)22(23)24-3/h6-8,11-16H,4-5,9-10H2,1-3H3/b21-20-. The van der Waals surface area contributed by atoms with Crippen LogP contribution in [0.1, 0.15) is 61.0 Å². The molecular formula is C22H26O2. The highest BCUT2D eigenvalue weighted by molar-refractivity contribution is 5.93. The molecule has 24 heavy (non-hydrogen) atoms. The normalized spacial score (nSPS) is 11.8. The van der Waals surface area contributed by atoms with Crippen LogP contribution >= 0.6 is 0 Å². The zero-order valence-electron chi connectivity index (χ0n) is 14.8. The summed E-state index contributed by atoms with van der Waals surface area (Å²) >= 11 is 0. The highest BCUT2D eigenvalue weighted by atomic mass is 16.5. The Morgan fingerprint density at radius 2 is 1.21 bits per heavy atom. The van der Waals surface area contributed by atoms with Crippen molar-refractivity contribution in [2.24, 2.45) is 0 Å². The molecule has 0 fully saturated rings. The lowest BCUT2D eigenvalue weighted by molar-refractivity contribution is 0.0600. The monoisotopic (exact) mass is 322 g/mol. The molecule has 0 aliphatic rings. The van der Waals surface area contributed by atoms with Gasteiger partial charge in [0.2, 0.25) is 0 Å². The largest absolute Gasteiger partial charge is 0.465 e. The molecule has 0 atom stereocenters. The van der Waals surface area contributed by atoms with Crippen LogP contribution in [0.2, 0.25) is 0 Å². The fourth-order valence-electron chi connectivity index (χ4n) is 3.00. The Bertz CT molecular complexity index is 682. The number of esters is 1. The fourth-order valence-corrected chi connectivity index (χ4v) is 3.00. The van der Waals surface area contributed by atoms with Crippen molar-refractivity contribution in [3.63, 3.8) is 0 Å². The molecule has 0 saturated heterocycles. The van der Waals surface area contributed by atoms with E-state index in [0.29, 0.717) is 5.56 Å². The maximum absolute atomic E-state index is 11.6. The highest BCUT2D eigenvalue weighted by Gasteiger charge is 2.12. The topological polar surface area (TPSA) is 26.3 Å². The number of carbonyl (C=O) groups excluding carboxylic acids is 1. The smallest absolute Gasteiger partial charge is 0.337 e. The van der Waals surface area contributed by atoms with E-state index in [2.05, 4.69) is 44.2 Å². The van der Waals surface area contributed by atoms with Gasteiger partial charge in [0, 0.05) is 0 Å². The van der Waals surface area contributed by atoms with Crippen LogP contribution in [0.15, 0.2) is 54.6 Å². The number of rotatable bonds is 7. The molecule has 0 unspecified atom stereocenters. The van der Waals surface area contributed by atoms with Crippen LogP contribution in [-0.4, -0.2) is 13.1 Å². The first kappa shape index (κ1) is 18.0. The summed E-state index contributed by atoms with van der Waals surface area (Å²) in [5.74, 6) is -0.292. The Kier molecular flexibility index (Phi) is 6.80. The van der Waals surface area contributed by atoms with Crippen LogP contribution in [0.4, 0.5) is 0 Å². The first-order chi connectivity index (χ1) is 11.7. The summed E-state index contributed by atoms with van der Waals surface area (Å²) in [5.41, 5.74) is 5.86. The molecule has 2 aromatic carbocycles. The van der Waals surface area contributed by atoms with Gasteiger partial charge in [-0.1, -0.05) is 69.2 Å². The highest BCUT2D eigenvalue weighted by Crippen LogP contribution is 2.33. The molecule has 0 N–H and O–H groups in total. The molecule has 0 radical (unpaired) electrons. The summed E-state index contributed by atoms with van der Waals surface area (Å²) in [6.45, 7) is 4.42. The van der Waals surface area contributed by atoms with Crippen LogP contribution in [0.25, 0.3) is 11.1 Å². The predicted molar refractivity (Wildman–Crippen MR) is 101 cm³/mol. The second-order valence-electron chi connectivity index (χ2n) is 5.89. The number of allylic oxidation sites excluding steroid dienone is 2. The van der Waals surface area contributed by atoms with Crippen molar-refractivity contribution < 1.29 is 9.53 Å². The van der Waals surface area contributed by atoms with E-state index in [9.17, 15) is 4.79 Å². The minimum absolute atomic E-state index is 0.292. The van der Waals surface area contributed by atoms with Crippen molar-refractivity contribution >= 4 is 17.1 Å². The molecule has 2 rings (SSSR count). The molecule has 0 amide bonds. The Labute approximate surface area is 145 Å². The lowest BCUT2D eigenvalue weighted by Crippen LogP contribution is -2.01. The van der Waals surface area contributed by atoms with Gasteiger partial charge in [-0.05, 0) is 47.2 Å². The van der Waals surface area contributed by atoms with Crippen molar-refractivity contribution in [3.8, 4) is 0 Å². The summed E-state index contributed by atoms with van der Waals surface area (Å²) in [6.07, 6.45) is 4.28. The molecule has 126 valence electrons. The average molecular weight is 322 g/mol. The summed E-state index contributed by atoms with van der Waals surface area (Å²) in [5, 5.41) is 0. The summed E-state index contributed by atoms with van der Waals surface area (Å²) in [7, 11) is 1.41. The fraction of sp³-hybridized carbons (Fsp3) is 0.318. The van der Waals surface area contributed by atoms with Gasteiger partial charge in [-0.2, -0.15) is 0 Å². The predicted octanol–water partition coefficient (Wildman–Crippen LogP) is 5.98. The van der Waals surface area contributed by atoms with Gasteiger partial charge >= 0.3 is 5.97 Å². The van der Waals surface area contributed by atoms with Crippen molar-refractivity contribution in [1.82, 2.24) is 0 Å². The Hall–Kier alpha value is -2.35. The second kappa shape index (κ2) is 9.07. The molecule has 0 spiro atoms. The second-order valence-corrected chi connectivity index (χ2v) is 5.89. The Balaban J connectivity index is 2.50. The SMILES string of the molecule is CCC/C(=C(\CCC)c1ccc(C(=O)OC)cc1)c1ccccc1. The van der Waals surface area contributed by atoms with E-state index in [0.717, 1.165) is 25.7 Å². The van der Waals surface area contributed by atoms with Crippen LogP contribution in [0, 0.1) is 0 Å². The van der Waals surface area contributed by atoms with Crippen molar-refractivity contribution in [3.05, 3.63) is 71.3 Å². The van der Waals surface area contributed by atoms with E-state index in [1.54, 1.807) is 0 Å². The number of hydrogen-bond donors (Lipinski definition) is 0. The van der Waals surface area contributed by atoms with Crippen molar-refractivity contribution in [2.45, 2.75) is 39.5 Å². The number of hydrogen-bond acceptors (Lipinski definition) is 2. The molecule has 0 aromatic heterocycles. The van der Waals surface area contributed by atoms with Crippen LogP contribution in [0.3, 0.4) is 0 Å². The summed E-state index contributed by atoms with van der Waals surface area (Å²) < 4.78 is 4.79. The van der Waals surface area contributed by atoms with E-state index in [-0.39, 0.29) is 5.97 Å². The minimum Gasteiger partial charge on any atom is -0.465 e. The zero-order valence-corrected chi connectivity index (χ0v) is 14.8. The molecule has 2 heteroatoms. The molecule has 2 nitrogen and oxygen atoms in total. The Morgan fingerprint density at radius 3 is 1.67 bits per heavy atom. The number of ether oxygens (including phenoxy) is 1. The van der Waals surface area contributed by atoms with Gasteiger partial charge in [0.1, 0.15) is 0 Å². The van der Waals surface area contributed by atoms with Crippen LogP contribution in [-0.2, 0) is 4.74 Å². The molecule has 0 aliphatic heterocycles. The first-order valence-corrected chi connectivity index (χ1v) is 8.67. The molecular weight excluding hydrogens is 296 g/mol. The van der Waals surface area contributed by atoms with E-state index in [1.807, 2.05) is 24.3 Å². The first-order valence-electron chi connectivity index (χ1n) is 8.67. The van der Waals surface area contributed by atoms with Gasteiger partial charge in [-0.3, -0.25) is 0 Å². The molecule has 2 aromatic rings. The lowest BCUT2D eigenvalue weighted by atomic mass is 9.89. The summed E-state index contributed by atoms with van der Waals surface area (Å²) in [4.78, 5) is 11.6. The quantitative estimate of drug-likeness (QED) is 0.462. The third kappa shape index (κ3) is 4.35. The van der Waals surface area contributed by atoms with Gasteiger partial charge in [0.05, 0.1) is 12.7 Å². The number of carbonyl (C=O) groups is 1. The van der Waals surface area contributed by atoms with Crippen molar-refractivity contribution in [2.75, 3.05) is 7.11 Å². The summed E-state index contributed by atoms with van der Waals surface area (Å²) in [6, 6.07) is 18.4. The van der Waals surface area contributed by atoms with E-state index in [1.165, 1.54) is 29.4 Å². The molecule has 0 aliphatic carbocycles. The minimum atomic E-state index is -0.292. The van der Waals surface area contributed by atoms with Gasteiger partial charge in [0.25, 0.3) is 0 Å². The van der Waals surface area contributed by atoms with E-state index in [4.69, 9.17) is 4.74 Å². The van der Waals surface area contributed by atoms with Crippen LogP contribution in [0.5, 0.6) is 0 Å². The number of methoxy groups -OCH3 is 1. The van der Waals surface area contributed by atoms with Gasteiger partial charge in [-0.15, -0.1) is 0 Å². The average Bonchev–Trinajstić information content (AvgIpc) is 2.65. The third-order valence-corrected chi connectivity index (χ3v) is 4.14. The molecule has 0 heterocycles. The van der Waals surface area contributed by atoms with E-state index >= 15 is 0 Å². The van der Waals surface area contributed by atoms with Gasteiger partial charge in [-0.25, -0.2) is 4.79 Å². The molecule has 0 saturated carbocycles. The van der Waals surface area contributed by atoms with Crippen LogP contribution < -0.4 is 0 Å². The van der Waals surface area contributed by atoms with E-state index < -0.39 is 0 Å². The lowest BCUT2D eigenvalue weighted by Gasteiger charge is -2.16. The third-order valence-electron chi connectivity index (χ3n) is 4.14.